The Balaban J connectivity index is 1.97. The van der Waals surface area contributed by atoms with Gasteiger partial charge in [0.2, 0.25) is 0 Å². The zero-order chi connectivity index (χ0) is 13.6. The SMILES string of the molecule is CC(C)c1nc(C2CN3CCN2CC3)nc(Cl)c1I. The maximum Gasteiger partial charge on any atom is 0.148 e. The minimum absolute atomic E-state index is 0.314. The first-order chi connectivity index (χ1) is 9.06. The number of fused-ring (bicyclic) bond motifs is 3. The van der Waals surface area contributed by atoms with Gasteiger partial charge < -0.3 is 0 Å². The lowest BCUT2D eigenvalue weighted by Crippen LogP contribution is -2.57. The number of aromatic nitrogens is 2. The zero-order valence-electron chi connectivity index (χ0n) is 11.2. The van der Waals surface area contributed by atoms with Crippen molar-refractivity contribution >= 4 is 34.2 Å². The molecular weight excluding hydrogens is 375 g/mol. The van der Waals surface area contributed by atoms with Crippen LogP contribution >= 0.6 is 34.2 Å². The van der Waals surface area contributed by atoms with E-state index in [1.165, 1.54) is 13.1 Å². The Bertz CT molecular complexity index is 486. The van der Waals surface area contributed by atoms with E-state index >= 15 is 0 Å². The molecule has 3 fully saturated rings. The lowest BCUT2D eigenvalue weighted by atomic mass is 10.1. The minimum atomic E-state index is 0.314. The first kappa shape index (κ1) is 14.0. The molecule has 3 aliphatic heterocycles. The Morgan fingerprint density at radius 3 is 2.42 bits per heavy atom. The molecule has 4 heterocycles. The maximum atomic E-state index is 6.29. The highest BCUT2D eigenvalue weighted by atomic mass is 127. The standard InChI is InChI=1S/C13H18ClIN4/c1-8(2)11-10(15)12(14)17-13(16-11)9-7-18-3-5-19(9)6-4-18/h8-9H,3-7H2,1-2H3. The van der Waals surface area contributed by atoms with Gasteiger partial charge in [-0.15, -0.1) is 0 Å². The molecule has 0 saturated carbocycles. The van der Waals surface area contributed by atoms with Gasteiger partial charge in [0.1, 0.15) is 11.0 Å². The minimum Gasteiger partial charge on any atom is -0.299 e. The topological polar surface area (TPSA) is 32.3 Å². The average Bonchev–Trinajstić information content (AvgIpc) is 2.42. The van der Waals surface area contributed by atoms with E-state index in [0.717, 1.165) is 34.7 Å². The molecule has 1 atom stereocenters. The molecule has 19 heavy (non-hydrogen) atoms. The summed E-state index contributed by atoms with van der Waals surface area (Å²) in [6.07, 6.45) is 0. The first-order valence-electron chi connectivity index (χ1n) is 6.75. The van der Waals surface area contributed by atoms with Gasteiger partial charge >= 0.3 is 0 Å². The lowest BCUT2D eigenvalue weighted by Gasteiger charge is -2.46. The van der Waals surface area contributed by atoms with Crippen molar-refractivity contribution in [2.24, 2.45) is 0 Å². The summed E-state index contributed by atoms with van der Waals surface area (Å²) in [5.41, 5.74) is 1.08. The molecule has 0 N–H and O–H groups in total. The van der Waals surface area contributed by atoms with Crippen molar-refractivity contribution in [3.63, 3.8) is 0 Å². The second kappa shape index (κ2) is 5.42. The van der Waals surface area contributed by atoms with Crippen molar-refractivity contribution in [1.29, 1.82) is 0 Å². The monoisotopic (exact) mass is 392 g/mol. The Labute approximate surface area is 132 Å². The van der Waals surface area contributed by atoms with Gasteiger partial charge in [0.05, 0.1) is 15.3 Å². The Kier molecular flexibility index (Phi) is 3.99. The second-order valence-electron chi connectivity index (χ2n) is 5.58. The van der Waals surface area contributed by atoms with Crippen LogP contribution in [0.2, 0.25) is 5.15 Å². The van der Waals surface area contributed by atoms with Crippen LogP contribution in [0.15, 0.2) is 0 Å². The summed E-state index contributed by atoms with van der Waals surface area (Å²) in [4.78, 5) is 14.3. The van der Waals surface area contributed by atoms with Gasteiger partial charge in [-0.05, 0) is 28.5 Å². The van der Waals surface area contributed by atoms with Crippen LogP contribution in [0, 0.1) is 3.57 Å². The van der Waals surface area contributed by atoms with E-state index in [1.54, 1.807) is 0 Å². The lowest BCUT2D eigenvalue weighted by molar-refractivity contribution is 0.00852. The molecule has 2 bridgehead atoms. The van der Waals surface area contributed by atoms with Crippen molar-refractivity contribution in [3.05, 3.63) is 20.2 Å². The largest absolute Gasteiger partial charge is 0.299 e. The summed E-state index contributed by atoms with van der Waals surface area (Å²) in [6, 6.07) is 0.314. The number of nitrogens with zero attached hydrogens (tertiary/aromatic N) is 4. The molecular formula is C13H18ClIN4. The van der Waals surface area contributed by atoms with Crippen LogP contribution in [-0.4, -0.2) is 52.5 Å². The molecule has 104 valence electrons. The summed E-state index contributed by atoms with van der Waals surface area (Å²) in [5, 5.41) is 0.604. The summed E-state index contributed by atoms with van der Waals surface area (Å²) < 4.78 is 0.995. The van der Waals surface area contributed by atoms with Gasteiger partial charge in [-0.3, -0.25) is 9.80 Å². The van der Waals surface area contributed by atoms with Crippen LogP contribution in [0.4, 0.5) is 0 Å². The number of hydrogen-bond donors (Lipinski definition) is 0. The van der Waals surface area contributed by atoms with E-state index < -0.39 is 0 Å². The van der Waals surface area contributed by atoms with Gasteiger partial charge in [0.25, 0.3) is 0 Å². The Hall–Kier alpha value is 0.0200. The first-order valence-corrected chi connectivity index (χ1v) is 8.21. The van der Waals surface area contributed by atoms with Gasteiger partial charge in [0.15, 0.2) is 0 Å². The quantitative estimate of drug-likeness (QED) is 0.572. The van der Waals surface area contributed by atoms with Crippen LogP contribution in [0.3, 0.4) is 0 Å². The smallest absolute Gasteiger partial charge is 0.148 e. The highest BCUT2D eigenvalue weighted by Gasteiger charge is 2.35. The molecule has 4 rings (SSSR count). The Morgan fingerprint density at radius 2 is 1.89 bits per heavy atom. The van der Waals surface area contributed by atoms with Crippen molar-refractivity contribution in [2.75, 3.05) is 32.7 Å². The number of halogens is 2. The fraction of sp³-hybridized carbons (Fsp3) is 0.692. The molecule has 0 aromatic carbocycles. The zero-order valence-corrected chi connectivity index (χ0v) is 14.1. The van der Waals surface area contributed by atoms with E-state index in [-0.39, 0.29) is 0 Å². The molecule has 0 aliphatic carbocycles. The van der Waals surface area contributed by atoms with Gasteiger partial charge in [0, 0.05) is 32.7 Å². The predicted octanol–water partition coefficient (Wildman–Crippen LogP) is 2.53. The number of hydrogen-bond acceptors (Lipinski definition) is 4. The fourth-order valence-electron chi connectivity index (χ4n) is 2.85. The molecule has 6 heteroatoms. The second-order valence-corrected chi connectivity index (χ2v) is 7.02. The van der Waals surface area contributed by atoms with Crippen LogP contribution in [0.1, 0.15) is 37.3 Å². The van der Waals surface area contributed by atoms with E-state index in [1.807, 2.05) is 0 Å². The average molecular weight is 393 g/mol. The van der Waals surface area contributed by atoms with Gasteiger partial charge in [-0.2, -0.15) is 0 Å². The molecule has 1 unspecified atom stereocenters. The van der Waals surface area contributed by atoms with Crippen molar-refractivity contribution < 1.29 is 0 Å². The molecule has 1 aromatic rings. The highest BCUT2D eigenvalue weighted by molar-refractivity contribution is 14.1. The summed E-state index contributed by atoms with van der Waals surface area (Å²) in [5.74, 6) is 1.28. The van der Waals surface area contributed by atoms with E-state index in [9.17, 15) is 0 Å². The molecule has 0 radical (unpaired) electrons. The summed E-state index contributed by atoms with van der Waals surface area (Å²) >= 11 is 8.54. The predicted molar refractivity (Wildman–Crippen MR) is 84.6 cm³/mol. The molecule has 3 saturated heterocycles. The molecule has 3 aliphatic rings. The van der Waals surface area contributed by atoms with E-state index in [0.29, 0.717) is 17.1 Å². The summed E-state index contributed by atoms with van der Waals surface area (Å²) in [7, 11) is 0. The van der Waals surface area contributed by atoms with Gasteiger partial charge in [-0.1, -0.05) is 25.4 Å². The van der Waals surface area contributed by atoms with Gasteiger partial charge in [-0.25, -0.2) is 9.97 Å². The molecule has 0 amide bonds. The molecule has 1 aromatic heterocycles. The van der Waals surface area contributed by atoms with E-state index in [4.69, 9.17) is 16.6 Å². The van der Waals surface area contributed by atoms with Crippen molar-refractivity contribution in [2.45, 2.75) is 25.8 Å². The normalized spacial score (nSPS) is 30.1. The van der Waals surface area contributed by atoms with Crippen molar-refractivity contribution in [3.8, 4) is 0 Å². The molecule has 0 spiro atoms. The Morgan fingerprint density at radius 1 is 1.21 bits per heavy atom. The molecule has 4 nitrogen and oxygen atoms in total. The third-order valence-corrected chi connectivity index (χ3v) is 5.63. The van der Waals surface area contributed by atoms with Crippen molar-refractivity contribution in [1.82, 2.24) is 19.8 Å². The number of rotatable bonds is 2. The van der Waals surface area contributed by atoms with Crippen LogP contribution in [-0.2, 0) is 0 Å². The van der Waals surface area contributed by atoms with E-state index in [2.05, 4.69) is 51.2 Å². The summed E-state index contributed by atoms with van der Waals surface area (Å²) in [6.45, 7) is 9.93. The third-order valence-electron chi connectivity index (χ3n) is 3.98. The third kappa shape index (κ3) is 2.62. The fourth-order valence-corrected chi connectivity index (χ4v) is 3.89. The number of piperazine rings is 3. The highest BCUT2D eigenvalue weighted by Crippen LogP contribution is 2.31. The maximum absolute atomic E-state index is 6.29. The van der Waals surface area contributed by atoms with Crippen LogP contribution in [0.5, 0.6) is 0 Å². The van der Waals surface area contributed by atoms with Crippen LogP contribution < -0.4 is 0 Å². The van der Waals surface area contributed by atoms with Crippen LogP contribution in [0.25, 0.3) is 0 Å².